The summed E-state index contributed by atoms with van der Waals surface area (Å²) in [4.78, 5) is 0. The van der Waals surface area contributed by atoms with Crippen LogP contribution in [-0.2, 0) is 0 Å². The third-order valence-corrected chi connectivity index (χ3v) is 8.34. The van der Waals surface area contributed by atoms with Crippen LogP contribution in [0.1, 0.15) is 70.6 Å². The van der Waals surface area contributed by atoms with E-state index >= 15 is 0 Å². The summed E-state index contributed by atoms with van der Waals surface area (Å²) in [5, 5.41) is 0. The average Bonchev–Trinajstić information content (AvgIpc) is 2.64. The maximum atomic E-state index is 1.54. The van der Waals surface area contributed by atoms with Crippen molar-refractivity contribution in [1.29, 1.82) is 0 Å². The summed E-state index contributed by atoms with van der Waals surface area (Å²) in [5.41, 5.74) is 0. The van der Waals surface area contributed by atoms with Crippen LogP contribution in [-0.4, -0.2) is 61.3 Å². The summed E-state index contributed by atoms with van der Waals surface area (Å²) in [5.74, 6) is 2.23. The van der Waals surface area contributed by atoms with Crippen molar-refractivity contribution < 1.29 is 56.9 Å². The monoisotopic (exact) mass is 574 g/mol. The standard InChI is InChI=1S/C21H40N2.2HI/c1(2-4-12-22-14-6-20(7-15-22)8-16-22)3-5-13-23-17-9-21(10-18-23)11-19-23;;/h20-21H,1-19H2;2*1H/q+2;;/p-2. The van der Waals surface area contributed by atoms with E-state index < -0.39 is 0 Å². The first-order valence-corrected chi connectivity index (χ1v) is 11.0. The Kier molecular flexibility index (Phi) is 9.29. The fourth-order valence-corrected chi connectivity index (χ4v) is 6.37. The zero-order valence-electron chi connectivity index (χ0n) is 16.2. The largest absolute Gasteiger partial charge is 1.00 e. The lowest BCUT2D eigenvalue weighted by Crippen LogP contribution is -3.00. The van der Waals surface area contributed by atoms with Gasteiger partial charge in [0.15, 0.2) is 0 Å². The van der Waals surface area contributed by atoms with E-state index in [1.165, 1.54) is 93.4 Å². The van der Waals surface area contributed by atoms with E-state index in [4.69, 9.17) is 0 Å². The average molecular weight is 574 g/mol. The van der Waals surface area contributed by atoms with E-state index in [0.717, 1.165) is 11.8 Å². The highest BCUT2D eigenvalue weighted by Gasteiger charge is 2.39. The molecular formula is C21H40I2N2. The first kappa shape index (κ1) is 22.7. The Bertz CT molecular complexity index is 322. The quantitative estimate of drug-likeness (QED) is 0.183. The van der Waals surface area contributed by atoms with Crippen LogP contribution in [0, 0.1) is 11.8 Å². The maximum absolute atomic E-state index is 1.54. The number of rotatable bonds is 8. The lowest BCUT2D eigenvalue weighted by molar-refractivity contribution is -0.943. The normalized spacial score (nSPS) is 38.9. The van der Waals surface area contributed by atoms with Crippen LogP contribution in [0.5, 0.6) is 0 Å². The van der Waals surface area contributed by atoms with Crippen LogP contribution >= 0.6 is 0 Å². The van der Waals surface area contributed by atoms with Crippen molar-refractivity contribution >= 4 is 0 Å². The van der Waals surface area contributed by atoms with Crippen molar-refractivity contribution in [1.82, 2.24) is 0 Å². The molecule has 6 heterocycles. The zero-order valence-corrected chi connectivity index (χ0v) is 20.6. The lowest BCUT2D eigenvalue weighted by Gasteiger charge is -2.49. The van der Waals surface area contributed by atoms with Crippen LogP contribution in [0.3, 0.4) is 0 Å². The Labute approximate surface area is 190 Å². The van der Waals surface area contributed by atoms with Gasteiger partial charge in [0.05, 0.1) is 52.4 Å². The lowest BCUT2D eigenvalue weighted by atomic mass is 9.85. The molecule has 0 radical (unpaired) electrons. The molecule has 0 atom stereocenters. The van der Waals surface area contributed by atoms with E-state index in [1.807, 2.05) is 0 Å². The smallest absolute Gasteiger partial charge is 0.0789 e. The molecule has 0 aliphatic carbocycles. The number of hydrogen-bond acceptors (Lipinski definition) is 0. The van der Waals surface area contributed by atoms with Gasteiger partial charge in [0.25, 0.3) is 0 Å². The minimum atomic E-state index is 0. The van der Waals surface area contributed by atoms with Gasteiger partial charge in [0.2, 0.25) is 0 Å². The van der Waals surface area contributed by atoms with Crippen LogP contribution in [0.2, 0.25) is 0 Å². The Balaban J connectivity index is 0.00000113. The number of nitrogens with zero attached hydrogens (tertiary/aromatic N) is 2. The zero-order chi connectivity index (χ0) is 15.6. The highest BCUT2D eigenvalue weighted by Crippen LogP contribution is 2.35. The Morgan fingerprint density at radius 2 is 0.720 bits per heavy atom. The third-order valence-electron chi connectivity index (χ3n) is 8.34. The molecule has 0 saturated carbocycles. The number of fused-ring (bicyclic) bond motifs is 6. The molecule has 6 rings (SSSR count). The fourth-order valence-electron chi connectivity index (χ4n) is 6.37. The molecular weight excluding hydrogens is 534 g/mol. The molecule has 0 aromatic rings. The third kappa shape index (κ3) is 5.69. The molecule has 6 aliphatic heterocycles. The van der Waals surface area contributed by atoms with Gasteiger partial charge in [-0.1, -0.05) is 6.42 Å². The SMILES string of the molecule is C(CCC[N+]12CCC(CC1)CC2)CCC[N+]12CCC(CC1)CC2.[I-].[I-]. The van der Waals surface area contributed by atoms with E-state index in [1.54, 1.807) is 38.5 Å². The molecule has 6 fully saturated rings. The van der Waals surface area contributed by atoms with E-state index in [9.17, 15) is 0 Å². The first-order valence-electron chi connectivity index (χ1n) is 11.0. The minimum absolute atomic E-state index is 0. The van der Waals surface area contributed by atoms with Crippen molar-refractivity contribution in [3.8, 4) is 0 Å². The summed E-state index contributed by atoms with van der Waals surface area (Å²) in [6, 6.07) is 0. The molecule has 0 amide bonds. The van der Waals surface area contributed by atoms with E-state index in [0.29, 0.717) is 0 Å². The van der Waals surface area contributed by atoms with Crippen molar-refractivity contribution in [3.63, 3.8) is 0 Å². The van der Waals surface area contributed by atoms with Gasteiger partial charge in [-0.15, -0.1) is 0 Å². The summed E-state index contributed by atoms with van der Waals surface area (Å²) in [7, 11) is 0. The Hall–Kier alpha value is 1.38. The predicted molar refractivity (Wildman–Crippen MR) is 97.2 cm³/mol. The molecule has 0 spiro atoms. The number of quaternary nitrogens is 2. The van der Waals surface area contributed by atoms with Crippen LogP contribution in [0.15, 0.2) is 0 Å². The second-order valence-electron chi connectivity index (χ2n) is 9.70. The van der Waals surface area contributed by atoms with Gasteiger partial charge in [-0.2, -0.15) is 0 Å². The highest BCUT2D eigenvalue weighted by molar-refractivity contribution is 4.72. The molecule has 0 N–H and O–H groups in total. The van der Waals surface area contributed by atoms with Gasteiger partial charge in [0.1, 0.15) is 0 Å². The second-order valence-corrected chi connectivity index (χ2v) is 9.70. The predicted octanol–water partition coefficient (Wildman–Crippen LogP) is -1.79. The van der Waals surface area contributed by atoms with E-state index in [-0.39, 0.29) is 48.0 Å². The number of hydrogen-bond donors (Lipinski definition) is 0. The van der Waals surface area contributed by atoms with E-state index in [2.05, 4.69) is 0 Å². The minimum Gasteiger partial charge on any atom is -1.00 e. The van der Waals surface area contributed by atoms with Crippen LogP contribution in [0.4, 0.5) is 0 Å². The summed E-state index contributed by atoms with van der Waals surface area (Å²) < 4.78 is 3.02. The van der Waals surface area contributed by atoms with Gasteiger partial charge in [-0.25, -0.2) is 0 Å². The molecule has 6 aliphatic rings. The van der Waals surface area contributed by atoms with Crippen LogP contribution < -0.4 is 48.0 Å². The Morgan fingerprint density at radius 3 is 1.04 bits per heavy atom. The number of unbranched alkanes of at least 4 members (excludes halogenated alkanes) is 4. The van der Waals surface area contributed by atoms with Crippen LogP contribution in [0.25, 0.3) is 0 Å². The molecule has 4 bridgehead atoms. The van der Waals surface area contributed by atoms with Gasteiger partial charge < -0.3 is 56.9 Å². The molecule has 148 valence electrons. The van der Waals surface area contributed by atoms with Crippen molar-refractivity contribution in [2.45, 2.75) is 70.6 Å². The number of halogens is 2. The Morgan fingerprint density at radius 1 is 0.440 bits per heavy atom. The highest BCUT2D eigenvalue weighted by atomic mass is 127. The van der Waals surface area contributed by atoms with Crippen molar-refractivity contribution in [2.24, 2.45) is 11.8 Å². The fraction of sp³-hybridized carbons (Fsp3) is 1.00. The van der Waals surface area contributed by atoms with Crippen molar-refractivity contribution in [2.75, 3.05) is 52.4 Å². The second kappa shape index (κ2) is 10.2. The summed E-state index contributed by atoms with van der Waals surface area (Å²) in [6.45, 7) is 12.1. The molecule has 4 heteroatoms. The molecule has 0 unspecified atom stereocenters. The van der Waals surface area contributed by atoms with Gasteiger partial charge >= 0.3 is 0 Å². The molecule has 0 aromatic heterocycles. The maximum Gasteiger partial charge on any atom is 0.0789 e. The van der Waals surface area contributed by atoms with Gasteiger partial charge in [0, 0.05) is 0 Å². The molecule has 6 saturated heterocycles. The van der Waals surface area contributed by atoms with Gasteiger partial charge in [-0.3, -0.25) is 0 Å². The topological polar surface area (TPSA) is 0 Å². The molecule has 2 nitrogen and oxygen atoms in total. The summed E-state index contributed by atoms with van der Waals surface area (Å²) >= 11 is 0. The van der Waals surface area contributed by atoms with Crippen molar-refractivity contribution in [3.05, 3.63) is 0 Å². The molecule has 25 heavy (non-hydrogen) atoms. The summed E-state index contributed by atoms with van der Waals surface area (Å²) in [6.07, 6.45) is 16.8. The molecule has 0 aromatic carbocycles. The van der Waals surface area contributed by atoms with Gasteiger partial charge in [-0.05, 0) is 76.0 Å². The number of piperidine rings is 6. The first-order chi connectivity index (χ1) is 11.3.